The third kappa shape index (κ3) is 2.65. The summed E-state index contributed by atoms with van der Waals surface area (Å²) in [4.78, 5) is 13.6. The topological polar surface area (TPSA) is 44.1 Å². The van der Waals surface area contributed by atoms with Gasteiger partial charge in [0, 0.05) is 30.3 Å². The number of Topliss-reactive ketones (excluding diaryl/α,β-unsaturated/α-hetero) is 1. The second-order valence-electron chi connectivity index (χ2n) is 4.50. The summed E-state index contributed by atoms with van der Waals surface area (Å²) >= 11 is 0. The minimum absolute atomic E-state index is 0.0961. The Bertz CT molecular complexity index is 454. The fourth-order valence-electron chi connectivity index (χ4n) is 2.19. The minimum atomic E-state index is 0.0961. The van der Waals surface area contributed by atoms with Crippen LogP contribution in [0.3, 0.4) is 0 Å². The van der Waals surface area contributed by atoms with E-state index in [9.17, 15) is 4.79 Å². The van der Waals surface area contributed by atoms with E-state index in [4.69, 9.17) is 5.26 Å². The normalized spacial score (nSPS) is 16.6. The first-order chi connectivity index (χ1) is 8.20. The number of anilines is 1. The largest absolute Gasteiger partial charge is 0.371 e. The number of rotatable bonds is 2. The van der Waals surface area contributed by atoms with Crippen LogP contribution in [0, 0.1) is 17.2 Å². The first-order valence-electron chi connectivity index (χ1n) is 5.96. The van der Waals surface area contributed by atoms with Gasteiger partial charge in [0.15, 0.2) is 5.78 Å². The average Bonchev–Trinajstić information content (AvgIpc) is 2.39. The van der Waals surface area contributed by atoms with E-state index in [2.05, 4.69) is 11.0 Å². The Morgan fingerprint density at radius 1 is 1.41 bits per heavy atom. The number of hydrogen-bond acceptors (Lipinski definition) is 3. The van der Waals surface area contributed by atoms with Crippen molar-refractivity contribution in [3.63, 3.8) is 0 Å². The zero-order chi connectivity index (χ0) is 12.3. The van der Waals surface area contributed by atoms with Gasteiger partial charge in [-0.3, -0.25) is 4.79 Å². The standard InChI is InChI=1S/C14H16N2O/c1-11(17)13-3-2-4-14(9-13)16-7-5-12(10-15)6-8-16/h2-4,9,12H,5-8H2,1H3. The van der Waals surface area contributed by atoms with Gasteiger partial charge in [0.2, 0.25) is 0 Å². The van der Waals surface area contributed by atoms with Crippen LogP contribution in [0.5, 0.6) is 0 Å². The van der Waals surface area contributed by atoms with Gasteiger partial charge in [-0.05, 0) is 31.9 Å². The Balaban J connectivity index is 2.11. The molecule has 1 saturated heterocycles. The molecule has 0 bridgehead atoms. The Morgan fingerprint density at radius 2 is 2.12 bits per heavy atom. The molecule has 0 spiro atoms. The van der Waals surface area contributed by atoms with Crippen molar-refractivity contribution in [2.75, 3.05) is 18.0 Å². The number of benzene rings is 1. The Labute approximate surface area is 102 Å². The molecule has 0 radical (unpaired) electrons. The van der Waals surface area contributed by atoms with Crippen LogP contribution >= 0.6 is 0 Å². The highest BCUT2D eigenvalue weighted by Gasteiger charge is 2.19. The van der Waals surface area contributed by atoms with E-state index in [1.807, 2.05) is 24.3 Å². The lowest BCUT2D eigenvalue weighted by atomic mass is 9.98. The molecule has 0 saturated carbocycles. The molecule has 3 nitrogen and oxygen atoms in total. The summed E-state index contributed by atoms with van der Waals surface area (Å²) in [6, 6.07) is 10.1. The fraction of sp³-hybridized carbons (Fsp3) is 0.429. The van der Waals surface area contributed by atoms with E-state index in [0.29, 0.717) is 0 Å². The SMILES string of the molecule is CC(=O)c1cccc(N2CCC(C#N)CC2)c1. The quantitative estimate of drug-likeness (QED) is 0.731. The van der Waals surface area contributed by atoms with Crippen molar-refractivity contribution in [3.8, 4) is 6.07 Å². The van der Waals surface area contributed by atoms with E-state index in [-0.39, 0.29) is 11.7 Å². The first kappa shape index (κ1) is 11.7. The van der Waals surface area contributed by atoms with E-state index < -0.39 is 0 Å². The van der Waals surface area contributed by atoms with E-state index in [1.165, 1.54) is 0 Å². The van der Waals surface area contributed by atoms with Gasteiger partial charge < -0.3 is 4.90 Å². The minimum Gasteiger partial charge on any atom is -0.371 e. The van der Waals surface area contributed by atoms with Gasteiger partial charge in [0.05, 0.1) is 6.07 Å². The lowest BCUT2D eigenvalue weighted by molar-refractivity contribution is 0.101. The maximum absolute atomic E-state index is 11.3. The molecule has 17 heavy (non-hydrogen) atoms. The second-order valence-corrected chi connectivity index (χ2v) is 4.50. The molecular weight excluding hydrogens is 212 g/mol. The fourth-order valence-corrected chi connectivity index (χ4v) is 2.19. The number of nitrogens with zero attached hydrogens (tertiary/aromatic N) is 2. The average molecular weight is 228 g/mol. The Hall–Kier alpha value is -1.82. The molecule has 1 aliphatic rings. The van der Waals surface area contributed by atoms with Gasteiger partial charge in [-0.15, -0.1) is 0 Å². The van der Waals surface area contributed by atoms with Crippen LogP contribution in [0.1, 0.15) is 30.1 Å². The molecule has 1 fully saturated rings. The molecule has 88 valence electrons. The number of carbonyl (C=O) groups is 1. The summed E-state index contributed by atoms with van der Waals surface area (Å²) in [5.74, 6) is 0.293. The van der Waals surface area contributed by atoms with Gasteiger partial charge in [-0.2, -0.15) is 5.26 Å². The molecule has 0 aromatic heterocycles. The van der Waals surface area contributed by atoms with Crippen molar-refractivity contribution >= 4 is 11.5 Å². The molecule has 3 heteroatoms. The monoisotopic (exact) mass is 228 g/mol. The van der Waals surface area contributed by atoms with Crippen molar-refractivity contribution in [3.05, 3.63) is 29.8 Å². The van der Waals surface area contributed by atoms with Crippen LogP contribution in [0.2, 0.25) is 0 Å². The van der Waals surface area contributed by atoms with Crippen LogP contribution in [0.25, 0.3) is 0 Å². The molecule has 0 N–H and O–H groups in total. The Morgan fingerprint density at radius 3 is 2.71 bits per heavy atom. The number of nitriles is 1. The second kappa shape index (κ2) is 5.01. The third-order valence-corrected chi connectivity index (χ3v) is 3.30. The molecule has 1 aliphatic heterocycles. The molecule has 0 atom stereocenters. The summed E-state index contributed by atoms with van der Waals surface area (Å²) in [5.41, 5.74) is 1.85. The van der Waals surface area contributed by atoms with E-state index in [1.54, 1.807) is 6.92 Å². The van der Waals surface area contributed by atoms with Gasteiger partial charge in [-0.1, -0.05) is 12.1 Å². The van der Waals surface area contributed by atoms with Crippen molar-refractivity contribution in [2.24, 2.45) is 5.92 Å². The highest BCUT2D eigenvalue weighted by Crippen LogP contribution is 2.23. The van der Waals surface area contributed by atoms with Gasteiger partial charge >= 0.3 is 0 Å². The van der Waals surface area contributed by atoms with Crippen molar-refractivity contribution in [2.45, 2.75) is 19.8 Å². The van der Waals surface area contributed by atoms with Crippen LogP contribution in [0.15, 0.2) is 24.3 Å². The molecular formula is C14H16N2O. The molecule has 1 aromatic rings. The van der Waals surface area contributed by atoms with Crippen LogP contribution in [0.4, 0.5) is 5.69 Å². The lowest BCUT2D eigenvalue weighted by Gasteiger charge is -2.31. The zero-order valence-corrected chi connectivity index (χ0v) is 10.0. The molecule has 2 rings (SSSR count). The van der Waals surface area contributed by atoms with E-state index in [0.717, 1.165) is 37.2 Å². The molecule has 0 unspecified atom stereocenters. The third-order valence-electron chi connectivity index (χ3n) is 3.30. The summed E-state index contributed by atoms with van der Waals surface area (Å²) in [6.07, 6.45) is 1.83. The summed E-state index contributed by atoms with van der Waals surface area (Å²) in [6.45, 7) is 3.39. The highest BCUT2D eigenvalue weighted by atomic mass is 16.1. The highest BCUT2D eigenvalue weighted by molar-refractivity contribution is 5.94. The lowest BCUT2D eigenvalue weighted by Crippen LogP contribution is -2.33. The van der Waals surface area contributed by atoms with Gasteiger partial charge in [-0.25, -0.2) is 0 Å². The van der Waals surface area contributed by atoms with Gasteiger partial charge in [0.1, 0.15) is 0 Å². The summed E-state index contributed by atoms with van der Waals surface area (Å²) < 4.78 is 0. The predicted molar refractivity (Wildman–Crippen MR) is 67.0 cm³/mol. The van der Waals surface area contributed by atoms with E-state index >= 15 is 0 Å². The maximum Gasteiger partial charge on any atom is 0.159 e. The Kier molecular flexibility index (Phi) is 3.43. The van der Waals surface area contributed by atoms with Crippen LogP contribution in [-0.4, -0.2) is 18.9 Å². The molecule has 1 heterocycles. The number of hydrogen-bond donors (Lipinski definition) is 0. The number of carbonyl (C=O) groups excluding carboxylic acids is 1. The van der Waals surface area contributed by atoms with Gasteiger partial charge in [0.25, 0.3) is 0 Å². The smallest absolute Gasteiger partial charge is 0.159 e. The zero-order valence-electron chi connectivity index (χ0n) is 10.0. The molecule has 0 amide bonds. The number of piperidine rings is 1. The first-order valence-corrected chi connectivity index (χ1v) is 5.96. The van der Waals surface area contributed by atoms with Crippen molar-refractivity contribution in [1.29, 1.82) is 5.26 Å². The maximum atomic E-state index is 11.3. The summed E-state index contributed by atoms with van der Waals surface area (Å²) in [5, 5.41) is 8.85. The number of ketones is 1. The predicted octanol–water partition coefficient (Wildman–Crippen LogP) is 2.63. The van der Waals surface area contributed by atoms with Crippen molar-refractivity contribution in [1.82, 2.24) is 0 Å². The molecule has 0 aliphatic carbocycles. The van der Waals surface area contributed by atoms with Crippen LogP contribution in [-0.2, 0) is 0 Å². The summed E-state index contributed by atoms with van der Waals surface area (Å²) in [7, 11) is 0. The van der Waals surface area contributed by atoms with Crippen molar-refractivity contribution < 1.29 is 4.79 Å². The van der Waals surface area contributed by atoms with Crippen LogP contribution < -0.4 is 4.90 Å². The molecule has 1 aromatic carbocycles.